The first-order valence-electron chi connectivity index (χ1n) is 10.2. The summed E-state index contributed by atoms with van der Waals surface area (Å²) in [6, 6.07) is 11.0. The van der Waals surface area contributed by atoms with E-state index in [1.807, 2.05) is 19.1 Å². The highest BCUT2D eigenvalue weighted by molar-refractivity contribution is 7.99. The van der Waals surface area contributed by atoms with Crippen LogP contribution in [-0.4, -0.2) is 35.1 Å². The maximum absolute atomic E-state index is 14.0. The van der Waals surface area contributed by atoms with Crippen LogP contribution in [0.3, 0.4) is 0 Å². The largest absolute Gasteiger partial charge is 0.354 e. The van der Waals surface area contributed by atoms with Gasteiger partial charge in [-0.2, -0.15) is 0 Å². The number of carbonyl (C=O) groups excluding carboxylic acids is 2. The monoisotopic (exact) mass is 484 g/mol. The Hall–Kier alpha value is -1.76. The van der Waals surface area contributed by atoms with Crippen molar-refractivity contribution in [3.8, 4) is 0 Å². The fourth-order valence-electron chi connectivity index (χ4n) is 2.90. The maximum Gasteiger partial charge on any atom is 0.242 e. The molecule has 2 aromatic rings. The van der Waals surface area contributed by atoms with E-state index in [1.165, 1.54) is 17.8 Å². The molecule has 0 bridgehead atoms. The quantitative estimate of drug-likeness (QED) is 0.416. The van der Waals surface area contributed by atoms with Gasteiger partial charge in [-0.15, -0.1) is 11.8 Å². The third-order valence-electron chi connectivity index (χ3n) is 4.80. The molecule has 2 amide bonds. The van der Waals surface area contributed by atoms with Gasteiger partial charge in [0.15, 0.2) is 0 Å². The van der Waals surface area contributed by atoms with Gasteiger partial charge in [0.05, 0.1) is 5.75 Å². The molecular formula is C23H27Cl2FN2O2S. The average molecular weight is 485 g/mol. The summed E-state index contributed by atoms with van der Waals surface area (Å²) in [4.78, 5) is 27.2. The van der Waals surface area contributed by atoms with Crippen molar-refractivity contribution in [2.45, 2.75) is 45.0 Å². The zero-order valence-electron chi connectivity index (χ0n) is 17.7. The molecule has 0 aliphatic rings. The Morgan fingerprint density at radius 2 is 1.87 bits per heavy atom. The van der Waals surface area contributed by atoms with E-state index in [2.05, 4.69) is 5.32 Å². The first-order chi connectivity index (χ1) is 14.8. The molecule has 0 aliphatic carbocycles. The minimum Gasteiger partial charge on any atom is -0.354 e. The van der Waals surface area contributed by atoms with E-state index < -0.39 is 11.9 Å². The third kappa shape index (κ3) is 8.02. The van der Waals surface area contributed by atoms with Crippen LogP contribution in [0, 0.1) is 5.82 Å². The van der Waals surface area contributed by atoms with E-state index in [1.54, 1.807) is 36.1 Å². The van der Waals surface area contributed by atoms with Crippen LogP contribution in [0.5, 0.6) is 0 Å². The normalized spacial score (nSPS) is 11.8. The Morgan fingerprint density at radius 3 is 2.52 bits per heavy atom. The van der Waals surface area contributed by atoms with Crippen LogP contribution in [0.4, 0.5) is 4.39 Å². The van der Waals surface area contributed by atoms with E-state index >= 15 is 0 Å². The molecule has 1 N–H and O–H groups in total. The molecule has 0 spiro atoms. The van der Waals surface area contributed by atoms with Crippen molar-refractivity contribution in [3.05, 3.63) is 69.5 Å². The molecule has 0 heterocycles. The Morgan fingerprint density at radius 1 is 1.16 bits per heavy atom. The molecule has 8 heteroatoms. The summed E-state index contributed by atoms with van der Waals surface area (Å²) in [7, 11) is 0. The Bertz CT molecular complexity index is 860. The summed E-state index contributed by atoms with van der Waals surface area (Å²) in [5.41, 5.74) is 1.24. The molecule has 4 nitrogen and oxygen atoms in total. The van der Waals surface area contributed by atoms with E-state index in [0.717, 1.165) is 18.4 Å². The fourth-order valence-corrected chi connectivity index (χ4v) is 4.27. The summed E-state index contributed by atoms with van der Waals surface area (Å²) in [6.45, 7) is 4.61. The lowest BCUT2D eigenvalue weighted by atomic mass is 10.1. The van der Waals surface area contributed by atoms with Crippen molar-refractivity contribution in [1.29, 1.82) is 0 Å². The summed E-state index contributed by atoms with van der Waals surface area (Å²) in [6.07, 6.45) is 1.85. The number of rotatable bonds is 11. The number of halogens is 3. The lowest BCUT2D eigenvalue weighted by Crippen LogP contribution is -2.48. The van der Waals surface area contributed by atoms with Gasteiger partial charge in [0.2, 0.25) is 11.8 Å². The van der Waals surface area contributed by atoms with Crippen molar-refractivity contribution >= 4 is 46.8 Å². The van der Waals surface area contributed by atoms with E-state index in [9.17, 15) is 14.0 Å². The van der Waals surface area contributed by atoms with Gasteiger partial charge in [-0.25, -0.2) is 4.39 Å². The zero-order valence-corrected chi connectivity index (χ0v) is 20.0. The number of hydrogen-bond acceptors (Lipinski definition) is 3. The Kier molecular flexibility index (Phi) is 10.6. The molecule has 1 atom stereocenters. The SMILES string of the molecule is CCCCNC(=O)[C@H](C)N(Cc1ccc(Cl)cc1)C(=O)CSCc1c(F)cccc1Cl. The first kappa shape index (κ1) is 25.5. The van der Waals surface area contributed by atoms with E-state index in [4.69, 9.17) is 23.2 Å². The van der Waals surface area contributed by atoms with Crippen LogP contribution in [0.15, 0.2) is 42.5 Å². The van der Waals surface area contributed by atoms with E-state index in [0.29, 0.717) is 22.2 Å². The summed E-state index contributed by atoms with van der Waals surface area (Å²) < 4.78 is 14.0. The van der Waals surface area contributed by atoms with Crippen LogP contribution in [0.1, 0.15) is 37.8 Å². The average Bonchev–Trinajstić information content (AvgIpc) is 2.75. The van der Waals surface area contributed by atoms with Crippen LogP contribution >= 0.6 is 35.0 Å². The van der Waals surface area contributed by atoms with Crippen LogP contribution in [-0.2, 0) is 21.9 Å². The van der Waals surface area contributed by atoms with Gasteiger partial charge >= 0.3 is 0 Å². The van der Waals surface area contributed by atoms with Crippen molar-refractivity contribution in [1.82, 2.24) is 10.2 Å². The van der Waals surface area contributed by atoms with Gasteiger partial charge < -0.3 is 10.2 Å². The molecule has 2 aromatic carbocycles. The van der Waals surface area contributed by atoms with Crippen molar-refractivity contribution < 1.29 is 14.0 Å². The van der Waals surface area contributed by atoms with Crippen LogP contribution in [0.25, 0.3) is 0 Å². The summed E-state index contributed by atoms with van der Waals surface area (Å²) >= 11 is 13.3. The minimum atomic E-state index is -0.641. The fraction of sp³-hybridized carbons (Fsp3) is 0.391. The number of benzene rings is 2. The molecule has 168 valence electrons. The maximum atomic E-state index is 14.0. The number of nitrogens with one attached hydrogen (secondary N) is 1. The van der Waals surface area contributed by atoms with Gasteiger partial charge in [-0.3, -0.25) is 9.59 Å². The number of amides is 2. The summed E-state index contributed by atoms with van der Waals surface area (Å²) in [5.74, 6) is -0.425. The lowest BCUT2D eigenvalue weighted by Gasteiger charge is -2.29. The standard InChI is InChI=1S/C23H27Cl2FN2O2S/c1-3-4-12-27-23(30)16(2)28(13-17-8-10-18(24)11-9-17)22(29)15-31-14-19-20(25)6-5-7-21(19)26/h5-11,16H,3-4,12-15H2,1-2H3,(H,27,30)/t16-/m0/s1. The van der Waals surface area contributed by atoms with Crippen LogP contribution in [0.2, 0.25) is 10.0 Å². The molecule has 0 aromatic heterocycles. The number of carbonyl (C=O) groups is 2. The highest BCUT2D eigenvalue weighted by Crippen LogP contribution is 2.24. The second-order valence-electron chi connectivity index (χ2n) is 7.16. The van der Waals surface area contributed by atoms with Gasteiger partial charge in [0.25, 0.3) is 0 Å². The van der Waals surface area contributed by atoms with Gasteiger partial charge in [0, 0.05) is 34.5 Å². The van der Waals surface area contributed by atoms with Crippen molar-refractivity contribution in [2.75, 3.05) is 12.3 Å². The van der Waals surface area contributed by atoms with Crippen molar-refractivity contribution in [3.63, 3.8) is 0 Å². The number of thioether (sulfide) groups is 1. The number of hydrogen-bond donors (Lipinski definition) is 1. The molecular weight excluding hydrogens is 458 g/mol. The predicted octanol–water partition coefficient (Wildman–Crippen LogP) is 5.70. The van der Waals surface area contributed by atoms with Crippen LogP contribution < -0.4 is 5.32 Å². The molecule has 2 rings (SSSR count). The second kappa shape index (κ2) is 12.9. The lowest BCUT2D eigenvalue weighted by molar-refractivity contribution is -0.138. The first-order valence-corrected chi connectivity index (χ1v) is 12.1. The topological polar surface area (TPSA) is 49.4 Å². The van der Waals surface area contributed by atoms with Gasteiger partial charge in [0.1, 0.15) is 11.9 Å². The number of nitrogens with zero attached hydrogens (tertiary/aromatic N) is 1. The minimum absolute atomic E-state index is 0.102. The third-order valence-corrected chi connectivity index (χ3v) is 6.35. The highest BCUT2D eigenvalue weighted by Gasteiger charge is 2.26. The highest BCUT2D eigenvalue weighted by atomic mass is 35.5. The predicted molar refractivity (Wildman–Crippen MR) is 127 cm³/mol. The Labute approximate surface area is 197 Å². The Balaban J connectivity index is 2.07. The molecule has 31 heavy (non-hydrogen) atoms. The molecule has 0 saturated heterocycles. The smallest absolute Gasteiger partial charge is 0.242 e. The molecule has 0 aliphatic heterocycles. The number of unbranched alkanes of at least 4 members (excludes halogenated alkanes) is 1. The van der Waals surface area contributed by atoms with Gasteiger partial charge in [-0.05, 0) is 43.2 Å². The van der Waals surface area contributed by atoms with Gasteiger partial charge in [-0.1, -0.05) is 54.7 Å². The molecule has 0 radical (unpaired) electrons. The van der Waals surface area contributed by atoms with E-state index in [-0.39, 0.29) is 29.9 Å². The zero-order chi connectivity index (χ0) is 22.8. The molecule has 0 saturated carbocycles. The summed E-state index contributed by atoms with van der Waals surface area (Å²) in [5, 5.41) is 3.82. The molecule has 0 fully saturated rings. The molecule has 0 unspecified atom stereocenters. The van der Waals surface area contributed by atoms with Crippen molar-refractivity contribution in [2.24, 2.45) is 0 Å². The second-order valence-corrected chi connectivity index (χ2v) is 8.99.